The van der Waals surface area contributed by atoms with Gasteiger partial charge in [0.1, 0.15) is 11.9 Å². The highest BCUT2D eigenvalue weighted by molar-refractivity contribution is 5.77. The molecule has 7 nitrogen and oxygen atoms in total. The zero-order chi connectivity index (χ0) is 19.6. The molecule has 0 saturated carbocycles. The normalized spacial score (nSPS) is 22.3. The number of carbonyl (C=O) groups is 1. The minimum atomic E-state index is -0.805. The molecule has 2 saturated heterocycles. The summed E-state index contributed by atoms with van der Waals surface area (Å²) in [5, 5.41) is 10.1. The second kappa shape index (κ2) is 7.97. The van der Waals surface area contributed by atoms with Crippen molar-refractivity contribution < 1.29 is 18.4 Å². The van der Waals surface area contributed by atoms with Crippen molar-refractivity contribution >= 4 is 5.91 Å². The molecule has 2 aliphatic heterocycles. The van der Waals surface area contributed by atoms with Crippen LogP contribution in [0.2, 0.25) is 0 Å². The Hall–Kier alpha value is -2.32. The molecule has 4 rings (SSSR count). The Morgan fingerprint density at radius 1 is 1.36 bits per heavy atom. The van der Waals surface area contributed by atoms with Gasteiger partial charge in [-0.05, 0) is 44.8 Å². The number of nitrogens with one attached hydrogen (secondary N) is 2. The maximum Gasteiger partial charge on any atom is 0.223 e. The smallest absolute Gasteiger partial charge is 0.223 e. The molecule has 2 aliphatic rings. The molecular formula is C20H25FN4O3. The lowest BCUT2D eigenvalue weighted by molar-refractivity contribution is -0.126. The number of aromatic nitrogens is 2. The summed E-state index contributed by atoms with van der Waals surface area (Å²) in [7, 11) is 0. The molecule has 1 aromatic carbocycles. The van der Waals surface area contributed by atoms with Gasteiger partial charge >= 0.3 is 0 Å². The second-order valence-electron chi connectivity index (χ2n) is 7.61. The first-order valence-corrected chi connectivity index (χ1v) is 9.77. The quantitative estimate of drug-likeness (QED) is 0.818. The van der Waals surface area contributed by atoms with Crippen LogP contribution in [-0.2, 0) is 9.53 Å². The van der Waals surface area contributed by atoms with E-state index >= 15 is 0 Å². The summed E-state index contributed by atoms with van der Waals surface area (Å²) >= 11 is 0. The molecule has 8 heteroatoms. The van der Waals surface area contributed by atoms with Gasteiger partial charge in [-0.1, -0.05) is 23.4 Å². The fraction of sp³-hybridized carbons (Fsp3) is 0.550. The predicted octanol–water partition coefficient (Wildman–Crippen LogP) is 2.41. The van der Waals surface area contributed by atoms with Crippen molar-refractivity contribution in [3.63, 3.8) is 0 Å². The Morgan fingerprint density at radius 2 is 2.14 bits per heavy atom. The average Bonchev–Trinajstić information content (AvgIpc) is 3.28. The summed E-state index contributed by atoms with van der Waals surface area (Å²) in [6, 6.07) is 5.47. The van der Waals surface area contributed by atoms with E-state index in [4.69, 9.17) is 9.26 Å². The third-order valence-electron chi connectivity index (χ3n) is 5.59. The lowest BCUT2D eigenvalue weighted by Gasteiger charge is -2.33. The van der Waals surface area contributed by atoms with E-state index in [-0.39, 0.29) is 29.9 Å². The van der Waals surface area contributed by atoms with Crippen LogP contribution in [0.3, 0.4) is 0 Å². The maximum atomic E-state index is 14.4. The van der Waals surface area contributed by atoms with Crippen molar-refractivity contribution in [3.8, 4) is 0 Å². The molecule has 3 heterocycles. The zero-order valence-corrected chi connectivity index (χ0v) is 15.9. The summed E-state index contributed by atoms with van der Waals surface area (Å²) < 4.78 is 25.6. The largest absolute Gasteiger partial charge is 0.371 e. The predicted molar refractivity (Wildman–Crippen MR) is 99.0 cm³/mol. The van der Waals surface area contributed by atoms with Gasteiger partial charge in [0.25, 0.3) is 0 Å². The fourth-order valence-electron chi connectivity index (χ4n) is 4.14. The molecule has 2 aromatic rings. The third kappa shape index (κ3) is 4.07. The first-order valence-electron chi connectivity index (χ1n) is 9.77. The molecular weight excluding hydrogens is 363 g/mol. The molecule has 2 unspecified atom stereocenters. The van der Waals surface area contributed by atoms with Gasteiger partial charge in [0, 0.05) is 12.5 Å². The average molecular weight is 388 g/mol. The molecule has 2 N–H and O–H groups in total. The molecule has 0 aliphatic carbocycles. The number of nitrogens with zero attached hydrogens (tertiary/aromatic N) is 2. The summed E-state index contributed by atoms with van der Waals surface area (Å²) in [5.41, 5.74) is 0.213. The van der Waals surface area contributed by atoms with E-state index in [1.165, 1.54) is 6.07 Å². The van der Waals surface area contributed by atoms with Gasteiger partial charge in [-0.3, -0.25) is 4.79 Å². The molecule has 2 fully saturated rings. The summed E-state index contributed by atoms with van der Waals surface area (Å²) in [5.74, 6) is -0.0524. The van der Waals surface area contributed by atoms with Crippen molar-refractivity contribution in [3.05, 3.63) is 47.4 Å². The highest BCUT2D eigenvalue weighted by atomic mass is 19.1. The Kier molecular flexibility index (Phi) is 5.41. The number of amides is 1. The van der Waals surface area contributed by atoms with Crippen molar-refractivity contribution in [1.82, 2.24) is 20.8 Å². The van der Waals surface area contributed by atoms with E-state index in [2.05, 4.69) is 20.8 Å². The molecule has 150 valence electrons. The van der Waals surface area contributed by atoms with Crippen LogP contribution < -0.4 is 10.6 Å². The van der Waals surface area contributed by atoms with E-state index in [0.717, 1.165) is 38.8 Å². The van der Waals surface area contributed by atoms with Gasteiger partial charge in [0.2, 0.25) is 11.8 Å². The lowest BCUT2D eigenvalue weighted by Crippen LogP contribution is -2.42. The van der Waals surface area contributed by atoms with Crippen LogP contribution in [0, 0.1) is 12.7 Å². The zero-order valence-electron chi connectivity index (χ0n) is 15.9. The molecule has 0 radical (unpaired) electrons. The molecule has 2 atom stereocenters. The van der Waals surface area contributed by atoms with E-state index in [1.807, 2.05) is 0 Å². The monoisotopic (exact) mass is 388 g/mol. The number of hydrogen-bond donors (Lipinski definition) is 2. The minimum Gasteiger partial charge on any atom is -0.371 e. The van der Waals surface area contributed by atoms with Gasteiger partial charge in [0.05, 0.1) is 18.1 Å². The van der Waals surface area contributed by atoms with Gasteiger partial charge < -0.3 is 19.9 Å². The fourth-order valence-corrected chi connectivity index (χ4v) is 4.14. The number of hydrogen-bond acceptors (Lipinski definition) is 6. The SMILES string of the molecule is Cc1nc(C(NC(=O)CC2CCC3(CCNCC3)O2)c2ccccc2F)no1. The second-order valence-corrected chi connectivity index (χ2v) is 7.61. The number of benzene rings is 1. The Morgan fingerprint density at radius 3 is 2.86 bits per heavy atom. The molecule has 1 aromatic heterocycles. The molecule has 0 bridgehead atoms. The van der Waals surface area contributed by atoms with E-state index in [9.17, 15) is 9.18 Å². The summed E-state index contributed by atoms with van der Waals surface area (Å²) in [6.45, 7) is 3.55. The number of halogens is 1. The van der Waals surface area contributed by atoms with Crippen LogP contribution in [0.5, 0.6) is 0 Å². The number of carbonyl (C=O) groups excluding carboxylic acids is 1. The van der Waals surface area contributed by atoms with E-state index < -0.39 is 11.9 Å². The topological polar surface area (TPSA) is 89.3 Å². The van der Waals surface area contributed by atoms with Crippen molar-refractivity contribution in [2.45, 2.75) is 56.8 Å². The summed E-state index contributed by atoms with van der Waals surface area (Å²) in [6.07, 6.45) is 3.91. The lowest BCUT2D eigenvalue weighted by atomic mass is 9.89. The Bertz CT molecular complexity index is 834. The number of rotatable bonds is 5. The highest BCUT2D eigenvalue weighted by Gasteiger charge is 2.41. The van der Waals surface area contributed by atoms with Crippen molar-refractivity contribution in [1.29, 1.82) is 0 Å². The number of piperidine rings is 1. The van der Waals surface area contributed by atoms with Crippen LogP contribution in [0.4, 0.5) is 4.39 Å². The highest BCUT2D eigenvalue weighted by Crippen LogP contribution is 2.38. The summed E-state index contributed by atoms with van der Waals surface area (Å²) in [4.78, 5) is 16.9. The van der Waals surface area contributed by atoms with Crippen LogP contribution >= 0.6 is 0 Å². The third-order valence-corrected chi connectivity index (χ3v) is 5.59. The molecule has 1 spiro atoms. The van der Waals surface area contributed by atoms with Crippen LogP contribution in [0.15, 0.2) is 28.8 Å². The van der Waals surface area contributed by atoms with E-state index in [1.54, 1.807) is 25.1 Å². The van der Waals surface area contributed by atoms with Crippen molar-refractivity contribution in [2.24, 2.45) is 0 Å². The maximum absolute atomic E-state index is 14.4. The first-order chi connectivity index (χ1) is 13.5. The number of aryl methyl sites for hydroxylation is 1. The van der Waals surface area contributed by atoms with Gasteiger partial charge in [0.15, 0.2) is 5.82 Å². The van der Waals surface area contributed by atoms with Crippen LogP contribution in [0.1, 0.15) is 55.4 Å². The van der Waals surface area contributed by atoms with Crippen molar-refractivity contribution in [2.75, 3.05) is 13.1 Å². The first kappa shape index (κ1) is 19.0. The Labute approximate surface area is 163 Å². The molecule has 1 amide bonds. The standard InChI is InChI=1S/C20H25FN4O3/c1-13-23-19(25-28-13)18(15-4-2-3-5-16(15)21)24-17(26)12-14-6-7-20(27-14)8-10-22-11-9-20/h2-5,14,18,22H,6-12H2,1H3,(H,24,26). The van der Waals surface area contributed by atoms with Gasteiger partial charge in [-0.25, -0.2) is 4.39 Å². The van der Waals surface area contributed by atoms with Gasteiger partial charge in [-0.15, -0.1) is 0 Å². The van der Waals surface area contributed by atoms with E-state index in [0.29, 0.717) is 11.5 Å². The van der Waals surface area contributed by atoms with Crippen LogP contribution in [-0.4, -0.2) is 40.8 Å². The number of ether oxygens (including phenoxy) is 1. The van der Waals surface area contributed by atoms with Crippen LogP contribution in [0.25, 0.3) is 0 Å². The molecule has 28 heavy (non-hydrogen) atoms. The van der Waals surface area contributed by atoms with Gasteiger partial charge in [-0.2, -0.15) is 4.98 Å². The Balaban J connectivity index is 1.45. The minimum absolute atomic E-state index is 0.0914.